The van der Waals surface area contributed by atoms with Gasteiger partial charge in [-0.25, -0.2) is 9.18 Å². The summed E-state index contributed by atoms with van der Waals surface area (Å²) in [4.78, 5) is 35.8. The summed E-state index contributed by atoms with van der Waals surface area (Å²) in [5, 5.41) is 5.02. The summed E-state index contributed by atoms with van der Waals surface area (Å²) in [5.74, 6) is -1.38. The maximum atomic E-state index is 12.9. The van der Waals surface area contributed by atoms with Crippen LogP contribution in [0.4, 0.5) is 9.18 Å². The molecule has 3 amide bonds. The van der Waals surface area contributed by atoms with E-state index in [2.05, 4.69) is 17.6 Å². The van der Waals surface area contributed by atoms with Gasteiger partial charge < -0.3 is 10.1 Å². The van der Waals surface area contributed by atoms with Gasteiger partial charge in [-0.15, -0.1) is 0 Å². The van der Waals surface area contributed by atoms with Crippen molar-refractivity contribution in [3.05, 3.63) is 35.6 Å². The van der Waals surface area contributed by atoms with Gasteiger partial charge in [0.05, 0.1) is 5.92 Å². The summed E-state index contributed by atoms with van der Waals surface area (Å²) in [6, 6.07) is 5.53. The van der Waals surface area contributed by atoms with Crippen molar-refractivity contribution in [2.75, 3.05) is 6.61 Å². The number of amides is 3. The fourth-order valence-corrected chi connectivity index (χ4v) is 3.68. The Kier molecular flexibility index (Phi) is 6.08. The van der Waals surface area contributed by atoms with E-state index in [0.29, 0.717) is 12.3 Å². The molecule has 2 aliphatic rings. The van der Waals surface area contributed by atoms with Gasteiger partial charge in [0.2, 0.25) is 0 Å². The zero-order chi connectivity index (χ0) is 19.4. The zero-order valence-electron chi connectivity index (χ0n) is 15.4. The third-order valence-electron chi connectivity index (χ3n) is 5.42. The molecule has 6 nitrogen and oxygen atoms in total. The molecular formula is C20H25FN2O4. The van der Waals surface area contributed by atoms with Crippen molar-refractivity contribution in [3.8, 4) is 0 Å². The summed E-state index contributed by atoms with van der Waals surface area (Å²) in [7, 11) is 0. The predicted octanol–water partition coefficient (Wildman–Crippen LogP) is 2.88. The van der Waals surface area contributed by atoms with Gasteiger partial charge >= 0.3 is 12.0 Å². The molecule has 0 aliphatic heterocycles. The topological polar surface area (TPSA) is 84.5 Å². The lowest BCUT2D eigenvalue weighted by Gasteiger charge is -2.29. The van der Waals surface area contributed by atoms with E-state index in [9.17, 15) is 18.8 Å². The molecule has 7 heteroatoms. The van der Waals surface area contributed by atoms with E-state index in [-0.39, 0.29) is 23.7 Å². The first-order chi connectivity index (χ1) is 12.9. The molecule has 0 radical (unpaired) electrons. The minimum Gasteiger partial charge on any atom is -0.455 e. The molecule has 2 saturated carbocycles. The van der Waals surface area contributed by atoms with E-state index in [1.165, 1.54) is 12.1 Å². The summed E-state index contributed by atoms with van der Waals surface area (Å²) >= 11 is 0. The van der Waals surface area contributed by atoms with Gasteiger partial charge in [-0.3, -0.25) is 14.9 Å². The second kappa shape index (κ2) is 8.50. The molecule has 2 N–H and O–H groups in total. The number of nitrogens with one attached hydrogen (secondary N) is 2. The largest absolute Gasteiger partial charge is 0.455 e. The van der Waals surface area contributed by atoms with Gasteiger partial charge in [0.25, 0.3) is 5.91 Å². The van der Waals surface area contributed by atoms with Crippen molar-refractivity contribution in [2.45, 2.75) is 51.0 Å². The zero-order valence-corrected chi connectivity index (χ0v) is 15.4. The highest BCUT2D eigenvalue weighted by atomic mass is 19.1. The third-order valence-corrected chi connectivity index (χ3v) is 5.42. The first-order valence-corrected chi connectivity index (χ1v) is 9.46. The molecule has 1 aromatic carbocycles. The summed E-state index contributed by atoms with van der Waals surface area (Å²) in [5.41, 5.74) is 0.879. The van der Waals surface area contributed by atoms with Crippen molar-refractivity contribution >= 4 is 17.9 Å². The Labute approximate surface area is 157 Å². The van der Waals surface area contributed by atoms with E-state index < -0.39 is 24.5 Å². The van der Waals surface area contributed by atoms with Crippen LogP contribution in [0.5, 0.6) is 0 Å². The van der Waals surface area contributed by atoms with E-state index in [1.54, 1.807) is 12.1 Å². The van der Waals surface area contributed by atoms with Crippen LogP contribution in [0, 0.1) is 17.7 Å². The van der Waals surface area contributed by atoms with Gasteiger partial charge in [-0.05, 0) is 48.8 Å². The molecule has 4 atom stereocenters. The average molecular weight is 376 g/mol. The third kappa shape index (κ3) is 5.28. The Bertz CT molecular complexity index is 706. The quantitative estimate of drug-likeness (QED) is 0.774. The van der Waals surface area contributed by atoms with Crippen LogP contribution < -0.4 is 10.6 Å². The molecule has 0 aromatic heterocycles. The number of carbonyl (C=O) groups is 3. The summed E-state index contributed by atoms with van der Waals surface area (Å²) < 4.78 is 18.0. The molecule has 0 saturated heterocycles. The van der Waals surface area contributed by atoms with Crippen molar-refractivity contribution in [3.63, 3.8) is 0 Å². The van der Waals surface area contributed by atoms with E-state index >= 15 is 0 Å². The SMILES string of the molecule is CC1CCCCC1NC(=O)NC(=O)COC(=O)C1CC1c1ccc(F)cc1. The highest BCUT2D eigenvalue weighted by molar-refractivity contribution is 5.95. The van der Waals surface area contributed by atoms with Crippen LogP contribution in [0.2, 0.25) is 0 Å². The van der Waals surface area contributed by atoms with Crippen LogP contribution in [0.25, 0.3) is 0 Å². The first-order valence-electron chi connectivity index (χ1n) is 9.46. The summed E-state index contributed by atoms with van der Waals surface area (Å²) in [6.45, 7) is 1.60. The van der Waals surface area contributed by atoms with Crippen molar-refractivity contribution in [2.24, 2.45) is 11.8 Å². The molecule has 0 bridgehead atoms. The molecule has 4 unspecified atom stereocenters. The van der Waals surface area contributed by atoms with Gasteiger partial charge in [-0.1, -0.05) is 31.9 Å². The van der Waals surface area contributed by atoms with Crippen molar-refractivity contribution < 1.29 is 23.5 Å². The number of hydrogen-bond donors (Lipinski definition) is 2. The van der Waals surface area contributed by atoms with Crippen LogP contribution in [0.3, 0.4) is 0 Å². The molecule has 0 heterocycles. The second-order valence-electron chi connectivity index (χ2n) is 7.50. The van der Waals surface area contributed by atoms with Crippen LogP contribution in [-0.2, 0) is 14.3 Å². The molecule has 146 valence electrons. The maximum absolute atomic E-state index is 12.9. The number of halogens is 1. The fraction of sp³-hybridized carbons (Fsp3) is 0.550. The molecule has 2 fully saturated rings. The lowest BCUT2D eigenvalue weighted by atomic mass is 9.86. The number of imide groups is 1. The molecule has 0 spiro atoms. The molecule has 2 aliphatic carbocycles. The lowest BCUT2D eigenvalue weighted by molar-refractivity contribution is -0.149. The lowest BCUT2D eigenvalue weighted by Crippen LogP contribution is -2.48. The summed E-state index contributed by atoms with van der Waals surface area (Å²) in [6.07, 6.45) is 4.82. The van der Waals surface area contributed by atoms with E-state index in [1.807, 2.05) is 0 Å². The fourth-order valence-electron chi connectivity index (χ4n) is 3.68. The molecule has 3 rings (SSSR count). The van der Waals surface area contributed by atoms with Gasteiger partial charge in [0.1, 0.15) is 5.82 Å². The van der Waals surface area contributed by atoms with Crippen LogP contribution in [-0.4, -0.2) is 30.6 Å². The Balaban J connectivity index is 1.37. The average Bonchev–Trinajstić information content (AvgIpc) is 3.43. The monoisotopic (exact) mass is 376 g/mol. The number of carbonyl (C=O) groups excluding carboxylic acids is 3. The number of hydrogen-bond acceptors (Lipinski definition) is 4. The molecule has 27 heavy (non-hydrogen) atoms. The van der Waals surface area contributed by atoms with Crippen LogP contribution in [0.15, 0.2) is 24.3 Å². The number of ether oxygens (including phenoxy) is 1. The smallest absolute Gasteiger partial charge is 0.321 e. The van der Waals surface area contributed by atoms with Gasteiger partial charge in [0.15, 0.2) is 6.61 Å². The standard InChI is InChI=1S/C20H25FN2O4/c1-12-4-2-3-5-17(12)22-20(26)23-18(24)11-27-19(25)16-10-15(16)13-6-8-14(21)9-7-13/h6-9,12,15-17H,2-5,10-11H2,1H3,(H2,22,23,24,26). The Hall–Kier alpha value is -2.44. The van der Waals surface area contributed by atoms with Crippen molar-refractivity contribution in [1.29, 1.82) is 0 Å². The van der Waals surface area contributed by atoms with Crippen LogP contribution in [0.1, 0.15) is 50.5 Å². The van der Waals surface area contributed by atoms with Gasteiger partial charge in [0, 0.05) is 6.04 Å². The Morgan fingerprint density at radius 1 is 1.15 bits per heavy atom. The highest BCUT2D eigenvalue weighted by Gasteiger charge is 2.45. The minimum atomic E-state index is -0.650. The van der Waals surface area contributed by atoms with E-state index in [4.69, 9.17) is 4.74 Å². The number of urea groups is 1. The normalized spacial score (nSPS) is 26.7. The van der Waals surface area contributed by atoms with E-state index in [0.717, 1.165) is 31.2 Å². The second-order valence-corrected chi connectivity index (χ2v) is 7.50. The minimum absolute atomic E-state index is 0.00255. The van der Waals surface area contributed by atoms with Crippen LogP contribution >= 0.6 is 0 Å². The van der Waals surface area contributed by atoms with Gasteiger partial charge in [-0.2, -0.15) is 0 Å². The Morgan fingerprint density at radius 3 is 2.56 bits per heavy atom. The first kappa shape index (κ1) is 19.3. The maximum Gasteiger partial charge on any atom is 0.321 e. The van der Waals surface area contributed by atoms with Crippen molar-refractivity contribution in [1.82, 2.24) is 10.6 Å². The Morgan fingerprint density at radius 2 is 1.85 bits per heavy atom. The molecular weight excluding hydrogens is 351 g/mol. The predicted molar refractivity (Wildman–Crippen MR) is 96.3 cm³/mol. The number of esters is 1. The highest BCUT2D eigenvalue weighted by Crippen LogP contribution is 2.48. The number of benzene rings is 1. The number of rotatable bonds is 5. The molecule has 1 aromatic rings.